The average molecular weight is 322 g/mol. The molecule has 3 rings (SSSR count). The molecule has 1 aromatic heterocycles. The lowest BCUT2D eigenvalue weighted by atomic mass is 10.2. The van der Waals surface area contributed by atoms with Crippen molar-refractivity contribution in [2.45, 2.75) is 30.1 Å². The first kappa shape index (κ1) is 12.7. The number of carbonyl (C=O) groups is 1. The molecule has 0 spiro atoms. The standard InChI is InChI=1S/C14H16BrN3O/c1-18-12-8-3-2-5-9(12)13(17-18)14(19)16-11-7-4-6-10(11)15/h2-3,5,8,10-11H,4,6-7H2,1H3,(H,16,19). The Balaban J connectivity index is 1.89. The molecule has 19 heavy (non-hydrogen) atoms. The lowest BCUT2D eigenvalue weighted by Gasteiger charge is -2.15. The first-order valence-electron chi connectivity index (χ1n) is 6.53. The Labute approximate surface area is 120 Å². The van der Waals surface area contributed by atoms with E-state index >= 15 is 0 Å². The maximum Gasteiger partial charge on any atom is 0.272 e. The number of amides is 1. The van der Waals surface area contributed by atoms with E-state index in [4.69, 9.17) is 0 Å². The summed E-state index contributed by atoms with van der Waals surface area (Å²) in [6.07, 6.45) is 3.31. The Kier molecular flexibility index (Phi) is 3.31. The van der Waals surface area contributed by atoms with Crippen LogP contribution in [0.15, 0.2) is 24.3 Å². The van der Waals surface area contributed by atoms with Crippen LogP contribution >= 0.6 is 15.9 Å². The van der Waals surface area contributed by atoms with Crippen molar-refractivity contribution < 1.29 is 4.79 Å². The SMILES string of the molecule is Cn1nc(C(=O)NC2CCCC2Br)c2ccccc21. The van der Waals surface area contributed by atoms with E-state index in [0.29, 0.717) is 10.5 Å². The number of halogens is 1. The van der Waals surface area contributed by atoms with E-state index in [2.05, 4.69) is 26.3 Å². The highest BCUT2D eigenvalue weighted by molar-refractivity contribution is 9.09. The van der Waals surface area contributed by atoms with E-state index in [9.17, 15) is 4.79 Å². The molecule has 1 N–H and O–H groups in total. The van der Waals surface area contributed by atoms with Gasteiger partial charge in [0.25, 0.3) is 5.91 Å². The summed E-state index contributed by atoms with van der Waals surface area (Å²) in [5.74, 6) is -0.0758. The van der Waals surface area contributed by atoms with Gasteiger partial charge in [0.15, 0.2) is 5.69 Å². The van der Waals surface area contributed by atoms with Crippen LogP contribution in [0.5, 0.6) is 0 Å². The molecule has 2 aromatic rings. The average Bonchev–Trinajstić information content (AvgIpc) is 2.95. The molecule has 100 valence electrons. The highest BCUT2D eigenvalue weighted by Crippen LogP contribution is 2.26. The summed E-state index contributed by atoms with van der Waals surface area (Å²) < 4.78 is 1.75. The van der Waals surface area contributed by atoms with Crippen LogP contribution in [-0.2, 0) is 7.05 Å². The number of hydrogen-bond acceptors (Lipinski definition) is 2. The lowest BCUT2D eigenvalue weighted by molar-refractivity contribution is 0.0935. The molecule has 4 nitrogen and oxygen atoms in total. The largest absolute Gasteiger partial charge is 0.347 e. The van der Waals surface area contributed by atoms with Gasteiger partial charge in [0.05, 0.1) is 5.52 Å². The van der Waals surface area contributed by atoms with Crippen molar-refractivity contribution in [1.82, 2.24) is 15.1 Å². The zero-order valence-corrected chi connectivity index (χ0v) is 12.4. The predicted molar refractivity (Wildman–Crippen MR) is 78.5 cm³/mol. The van der Waals surface area contributed by atoms with Crippen molar-refractivity contribution in [3.05, 3.63) is 30.0 Å². The van der Waals surface area contributed by atoms with Crippen molar-refractivity contribution >= 4 is 32.7 Å². The Morgan fingerprint density at radius 1 is 1.42 bits per heavy atom. The number of hydrogen-bond donors (Lipinski definition) is 1. The minimum atomic E-state index is -0.0758. The fraction of sp³-hybridized carbons (Fsp3) is 0.429. The van der Waals surface area contributed by atoms with Crippen molar-refractivity contribution in [2.24, 2.45) is 7.05 Å². The number of carbonyl (C=O) groups excluding carboxylic acids is 1. The molecule has 0 bridgehead atoms. The van der Waals surface area contributed by atoms with E-state index in [1.54, 1.807) is 4.68 Å². The van der Waals surface area contributed by atoms with Crippen LogP contribution in [0.4, 0.5) is 0 Å². The van der Waals surface area contributed by atoms with Gasteiger partial charge in [-0.05, 0) is 18.9 Å². The van der Waals surface area contributed by atoms with Gasteiger partial charge in [0, 0.05) is 23.3 Å². The van der Waals surface area contributed by atoms with Gasteiger partial charge in [-0.1, -0.05) is 40.5 Å². The highest BCUT2D eigenvalue weighted by atomic mass is 79.9. The number of fused-ring (bicyclic) bond motifs is 1. The summed E-state index contributed by atoms with van der Waals surface area (Å²) >= 11 is 3.62. The molecule has 2 unspecified atom stereocenters. The summed E-state index contributed by atoms with van der Waals surface area (Å²) in [7, 11) is 1.86. The second kappa shape index (κ2) is 4.96. The number of aromatic nitrogens is 2. The smallest absolute Gasteiger partial charge is 0.272 e. The van der Waals surface area contributed by atoms with Crippen LogP contribution in [0.3, 0.4) is 0 Å². The van der Waals surface area contributed by atoms with E-state index in [-0.39, 0.29) is 11.9 Å². The summed E-state index contributed by atoms with van der Waals surface area (Å²) in [5, 5.41) is 8.34. The van der Waals surface area contributed by atoms with Crippen LogP contribution in [0.1, 0.15) is 29.8 Å². The third-order valence-corrected chi connectivity index (χ3v) is 4.82. The number of alkyl halides is 1. The molecule has 1 aliphatic carbocycles. The van der Waals surface area contributed by atoms with Crippen LogP contribution in [0, 0.1) is 0 Å². The Hall–Kier alpha value is -1.36. The molecule has 1 aliphatic rings. The zero-order valence-electron chi connectivity index (χ0n) is 10.8. The molecule has 5 heteroatoms. The van der Waals surface area contributed by atoms with Crippen molar-refractivity contribution in [3.8, 4) is 0 Å². The molecule has 1 fully saturated rings. The van der Waals surface area contributed by atoms with E-state index in [1.165, 1.54) is 0 Å². The van der Waals surface area contributed by atoms with Crippen LogP contribution in [-0.4, -0.2) is 26.6 Å². The maximum absolute atomic E-state index is 12.4. The molecule has 1 heterocycles. The fourth-order valence-electron chi connectivity index (χ4n) is 2.70. The van der Waals surface area contributed by atoms with Crippen molar-refractivity contribution in [2.75, 3.05) is 0 Å². The maximum atomic E-state index is 12.4. The number of aryl methyl sites for hydroxylation is 1. The fourth-order valence-corrected chi connectivity index (χ4v) is 3.42. The second-order valence-corrected chi connectivity index (χ2v) is 6.19. The second-order valence-electron chi connectivity index (χ2n) is 5.02. The highest BCUT2D eigenvalue weighted by Gasteiger charge is 2.27. The molecular formula is C14H16BrN3O. The van der Waals surface area contributed by atoms with Crippen molar-refractivity contribution in [3.63, 3.8) is 0 Å². The quantitative estimate of drug-likeness (QED) is 0.864. The molecule has 0 aliphatic heterocycles. The topological polar surface area (TPSA) is 46.9 Å². The van der Waals surface area contributed by atoms with Crippen molar-refractivity contribution in [1.29, 1.82) is 0 Å². The third kappa shape index (κ3) is 2.27. The summed E-state index contributed by atoms with van der Waals surface area (Å²) in [4.78, 5) is 12.7. The van der Waals surface area contributed by atoms with Gasteiger partial charge in [0.1, 0.15) is 0 Å². The summed E-state index contributed by atoms with van der Waals surface area (Å²) in [5.41, 5.74) is 1.50. The predicted octanol–water partition coefficient (Wildman–Crippen LogP) is 2.62. The number of para-hydroxylation sites is 1. The lowest BCUT2D eigenvalue weighted by Crippen LogP contribution is -2.38. The zero-order chi connectivity index (χ0) is 13.4. The number of nitrogens with zero attached hydrogens (tertiary/aromatic N) is 2. The Bertz CT molecular complexity index is 622. The summed E-state index contributed by atoms with van der Waals surface area (Å²) in [6.45, 7) is 0. The van der Waals surface area contributed by atoms with E-state index in [1.807, 2.05) is 31.3 Å². The van der Waals surface area contributed by atoms with Gasteiger partial charge in [-0.3, -0.25) is 9.48 Å². The first-order valence-corrected chi connectivity index (χ1v) is 7.45. The van der Waals surface area contributed by atoms with Gasteiger partial charge in [-0.2, -0.15) is 5.10 Å². The molecule has 1 aromatic carbocycles. The first-order chi connectivity index (χ1) is 9.16. The van der Waals surface area contributed by atoms with Crippen LogP contribution < -0.4 is 5.32 Å². The normalized spacial score (nSPS) is 22.8. The minimum absolute atomic E-state index is 0.0758. The monoisotopic (exact) mass is 321 g/mol. The molecule has 0 radical (unpaired) electrons. The number of nitrogens with one attached hydrogen (secondary N) is 1. The third-order valence-electron chi connectivity index (χ3n) is 3.72. The molecule has 1 saturated carbocycles. The number of rotatable bonds is 2. The van der Waals surface area contributed by atoms with Gasteiger partial charge in [0.2, 0.25) is 0 Å². The van der Waals surface area contributed by atoms with Gasteiger partial charge in [-0.15, -0.1) is 0 Å². The minimum Gasteiger partial charge on any atom is -0.347 e. The molecule has 0 saturated heterocycles. The molecular weight excluding hydrogens is 306 g/mol. The van der Waals surface area contributed by atoms with Gasteiger partial charge in [-0.25, -0.2) is 0 Å². The Morgan fingerprint density at radius 3 is 2.95 bits per heavy atom. The summed E-state index contributed by atoms with van der Waals surface area (Å²) in [6, 6.07) is 8.02. The van der Waals surface area contributed by atoms with Gasteiger partial charge >= 0.3 is 0 Å². The van der Waals surface area contributed by atoms with E-state index < -0.39 is 0 Å². The van der Waals surface area contributed by atoms with Gasteiger partial charge < -0.3 is 5.32 Å². The van der Waals surface area contributed by atoms with Crippen LogP contribution in [0.2, 0.25) is 0 Å². The van der Waals surface area contributed by atoms with Crippen LogP contribution in [0.25, 0.3) is 10.9 Å². The number of benzene rings is 1. The Morgan fingerprint density at radius 2 is 2.21 bits per heavy atom. The van der Waals surface area contributed by atoms with E-state index in [0.717, 1.165) is 30.2 Å². The molecule has 2 atom stereocenters. The molecule has 1 amide bonds.